The van der Waals surface area contributed by atoms with E-state index in [1.54, 1.807) is 32.2 Å². The van der Waals surface area contributed by atoms with Crippen molar-refractivity contribution in [1.29, 1.82) is 0 Å². The van der Waals surface area contributed by atoms with Crippen LogP contribution in [-0.2, 0) is 16.6 Å². The lowest BCUT2D eigenvalue weighted by atomic mass is 10.0. The predicted octanol–water partition coefficient (Wildman–Crippen LogP) is 4.96. The summed E-state index contributed by atoms with van der Waals surface area (Å²) in [5, 5.41) is -0.351. The van der Waals surface area contributed by atoms with E-state index in [9.17, 15) is 13.2 Å². The van der Waals surface area contributed by atoms with E-state index in [0.29, 0.717) is 17.1 Å². The zero-order valence-corrected chi connectivity index (χ0v) is 19.5. The van der Waals surface area contributed by atoms with Crippen LogP contribution in [0.25, 0.3) is 11.1 Å². The highest BCUT2D eigenvalue weighted by molar-refractivity contribution is 7.90. The molecule has 0 spiro atoms. The Morgan fingerprint density at radius 1 is 0.941 bits per heavy atom. The van der Waals surface area contributed by atoms with Crippen LogP contribution in [0, 0.1) is 6.92 Å². The first kappa shape index (κ1) is 23.1. The number of amides is 1. The lowest BCUT2D eigenvalue weighted by molar-refractivity contribution is 0.0980. The molecule has 1 heterocycles. The second-order valence-electron chi connectivity index (χ2n) is 7.46. The fourth-order valence-corrected chi connectivity index (χ4v) is 4.34. The Labute approximate surface area is 198 Å². The van der Waals surface area contributed by atoms with Gasteiger partial charge < -0.3 is 13.9 Å². The molecule has 0 aliphatic rings. The highest BCUT2D eigenvalue weighted by atomic mass is 32.2. The Morgan fingerprint density at radius 2 is 1.62 bits per heavy atom. The molecule has 1 N–H and O–H groups in total. The quantitative estimate of drug-likeness (QED) is 0.385. The molecule has 0 aliphatic carbocycles. The second-order valence-corrected chi connectivity index (χ2v) is 9.07. The number of carbonyl (C=O) groups excluding carboxylic acids is 1. The molecule has 174 valence electrons. The SMILES string of the molecule is COc1ccc(-c2ccccc2OCc2cc(S(=O)(=O)NC(=O)c3ccccc3)oc2C)cc1. The summed E-state index contributed by atoms with van der Waals surface area (Å²) in [5.74, 6) is 1.04. The van der Waals surface area contributed by atoms with Crippen molar-refractivity contribution >= 4 is 15.9 Å². The molecule has 0 saturated carbocycles. The van der Waals surface area contributed by atoms with Gasteiger partial charge in [-0.2, -0.15) is 8.42 Å². The van der Waals surface area contributed by atoms with E-state index >= 15 is 0 Å². The number of hydrogen-bond acceptors (Lipinski definition) is 6. The van der Waals surface area contributed by atoms with Crippen LogP contribution in [0.4, 0.5) is 0 Å². The number of ether oxygens (including phenoxy) is 2. The van der Waals surface area contributed by atoms with Crippen LogP contribution in [-0.4, -0.2) is 21.4 Å². The number of hydrogen-bond donors (Lipinski definition) is 1. The van der Waals surface area contributed by atoms with Gasteiger partial charge in [0, 0.05) is 22.8 Å². The number of methoxy groups -OCH3 is 1. The number of furan rings is 1. The van der Waals surface area contributed by atoms with Gasteiger partial charge in [-0.25, -0.2) is 4.72 Å². The zero-order valence-electron chi connectivity index (χ0n) is 18.6. The maximum absolute atomic E-state index is 12.7. The van der Waals surface area contributed by atoms with Crippen molar-refractivity contribution in [2.75, 3.05) is 7.11 Å². The van der Waals surface area contributed by atoms with Crippen molar-refractivity contribution in [1.82, 2.24) is 4.72 Å². The van der Waals surface area contributed by atoms with Gasteiger partial charge in [0.05, 0.1) is 7.11 Å². The van der Waals surface area contributed by atoms with Gasteiger partial charge in [-0.3, -0.25) is 4.79 Å². The van der Waals surface area contributed by atoms with Crippen molar-refractivity contribution in [3.8, 4) is 22.6 Å². The molecule has 0 saturated heterocycles. The van der Waals surface area contributed by atoms with Crippen LogP contribution in [0.2, 0.25) is 0 Å². The minimum atomic E-state index is -4.18. The second kappa shape index (κ2) is 9.84. The molecule has 0 bridgehead atoms. The van der Waals surface area contributed by atoms with Crippen LogP contribution >= 0.6 is 0 Å². The van der Waals surface area contributed by atoms with Crippen LogP contribution in [0.3, 0.4) is 0 Å². The van der Waals surface area contributed by atoms with Gasteiger partial charge in [-0.15, -0.1) is 0 Å². The third-order valence-corrected chi connectivity index (χ3v) is 6.38. The standard InChI is InChI=1S/C26H23NO6S/c1-18-21(16-25(33-18)34(29,30)27-26(28)20-8-4-3-5-9-20)17-32-24-11-7-6-10-23(24)19-12-14-22(31-2)15-13-19/h3-16H,17H2,1-2H3,(H,27,28). The highest BCUT2D eigenvalue weighted by Crippen LogP contribution is 2.32. The van der Waals surface area contributed by atoms with E-state index in [-0.39, 0.29) is 17.3 Å². The first-order chi connectivity index (χ1) is 16.4. The topological polar surface area (TPSA) is 94.8 Å². The average Bonchev–Trinajstić information content (AvgIpc) is 3.24. The fourth-order valence-electron chi connectivity index (χ4n) is 3.34. The number of para-hydroxylation sites is 1. The largest absolute Gasteiger partial charge is 0.497 e. The molecule has 1 amide bonds. The molecule has 0 radical (unpaired) electrons. The third-order valence-electron chi connectivity index (χ3n) is 5.20. The molecule has 0 atom stereocenters. The lowest BCUT2D eigenvalue weighted by Crippen LogP contribution is -2.30. The molecule has 0 unspecified atom stereocenters. The van der Waals surface area contributed by atoms with E-state index in [1.165, 1.54) is 18.2 Å². The van der Waals surface area contributed by atoms with Gasteiger partial charge in [0.25, 0.3) is 15.9 Å². The molecule has 4 rings (SSSR count). The summed E-state index contributed by atoms with van der Waals surface area (Å²) in [7, 11) is -2.57. The highest BCUT2D eigenvalue weighted by Gasteiger charge is 2.24. The summed E-state index contributed by atoms with van der Waals surface area (Å²) in [5.41, 5.74) is 2.62. The fraction of sp³-hybridized carbons (Fsp3) is 0.115. The number of aryl methyl sites for hydroxylation is 1. The van der Waals surface area contributed by atoms with E-state index in [4.69, 9.17) is 13.9 Å². The summed E-state index contributed by atoms with van der Waals surface area (Å²) >= 11 is 0. The van der Waals surface area contributed by atoms with E-state index in [2.05, 4.69) is 0 Å². The Hall–Kier alpha value is -4.04. The van der Waals surface area contributed by atoms with Crippen LogP contribution in [0.1, 0.15) is 21.7 Å². The maximum atomic E-state index is 12.7. The van der Waals surface area contributed by atoms with Crippen LogP contribution < -0.4 is 14.2 Å². The summed E-state index contributed by atoms with van der Waals surface area (Å²) in [4.78, 5) is 12.3. The van der Waals surface area contributed by atoms with Gasteiger partial charge in [0.2, 0.25) is 5.09 Å². The first-order valence-corrected chi connectivity index (χ1v) is 11.9. The summed E-state index contributed by atoms with van der Waals surface area (Å²) in [6.45, 7) is 1.73. The zero-order chi connectivity index (χ0) is 24.1. The molecular weight excluding hydrogens is 454 g/mol. The van der Waals surface area contributed by atoms with Gasteiger partial charge >= 0.3 is 0 Å². The van der Waals surface area contributed by atoms with Crippen molar-refractivity contribution in [3.63, 3.8) is 0 Å². The number of carbonyl (C=O) groups is 1. The van der Waals surface area contributed by atoms with E-state index in [1.807, 2.05) is 53.3 Å². The number of sulfonamides is 1. The minimum absolute atomic E-state index is 0.0879. The van der Waals surface area contributed by atoms with Gasteiger partial charge in [-0.1, -0.05) is 48.5 Å². The Kier molecular flexibility index (Phi) is 6.70. The van der Waals surface area contributed by atoms with Gasteiger partial charge in [-0.05, 0) is 42.8 Å². The molecule has 8 heteroatoms. The molecular formula is C26H23NO6S. The minimum Gasteiger partial charge on any atom is -0.497 e. The van der Waals surface area contributed by atoms with Crippen molar-refractivity contribution in [3.05, 3.63) is 102 Å². The maximum Gasteiger partial charge on any atom is 0.297 e. The van der Waals surface area contributed by atoms with Crippen LogP contribution in [0.15, 0.2) is 94.4 Å². The van der Waals surface area contributed by atoms with Crippen molar-refractivity contribution in [2.24, 2.45) is 0 Å². The Morgan fingerprint density at radius 3 is 2.32 bits per heavy atom. The molecule has 4 aromatic rings. The molecule has 1 aromatic heterocycles. The average molecular weight is 478 g/mol. The van der Waals surface area contributed by atoms with Crippen molar-refractivity contribution in [2.45, 2.75) is 18.6 Å². The molecule has 3 aromatic carbocycles. The normalized spacial score (nSPS) is 11.1. The lowest BCUT2D eigenvalue weighted by Gasteiger charge is -2.12. The van der Waals surface area contributed by atoms with Gasteiger partial charge in [0.15, 0.2) is 0 Å². The van der Waals surface area contributed by atoms with E-state index < -0.39 is 15.9 Å². The van der Waals surface area contributed by atoms with Gasteiger partial charge in [0.1, 0.15) is 23.9 Å². The summed E-state index contributed by atoms with van der Waals surface area (Å²) < 4.78 is 44.1. The molecule has 7 nitrogen and oxygen atoms in total. The first-order valence-electron chi connectivity index (χ1n) is 10.4. The summed E-state index contributed by atoms with van der Waals surface area (Å²) in [6, 6.07) is 24.6. The third kappa shape index (κ3) is 5.13. The molecule has 0 aliphatic heterocycles. The molecule has 0 fully saturated rings. The summed E-state index contributed by atoms with van der Waals surface area (Å²) in [6.07, 6.45) is 0. The molecule has 34 heavy (non-hydrogen) atoms. The monoisotopic (exact) mass is 477 g/mol. The number of rotatable bonds is 8. The number of benzene rings is 3. The Balaban J connectivity index is 1.50. The Bertz CT molecular complexity index is 1390. The van der Waals surface area contributed by atoms with E-state index in [0.717, 1.165) is 16.9 Å². The van der Waals surface area contributed by atoms with Crippen LogP contribution in [0.5, 0.6) is 11.5 Å². The number of nitrogens with one attached hydrogen (secondary N) is 1. The van der Waals surface area contributed by atoms with Crippen molar-refractivity contribution < 1.29 is 27.1 Å². The smallest absolute Gasteiger partial charge is 0.297 e. The predicted molar refractivity (Wildman–Crippen MR) is 127 cm³/mol.